The Balaban J connectivity index is 2.24. The normalized spacial score (nSPS) is 20.6. The average Bonchev–Trinajstić information content (AvgIpc) is 2.64. The van der Waals surface area contributed by atoms with Crippen molar-refractivity contribution in [1.82, 2.24) is 4.98 Å². The molecule has 0 aliphatic carbocycles. The first-order valence-corrected chi connectivity index (χ1v) is 6.61. The zero-order valence-electron chi connectivity index (χ0n) is 8.91. The van der Waals surface area contributed by atoms with E-state index in [1.54, 1.807) is 4.90 Å². The van der Waals surface area contributed by atoms with Gasteiger partial charge in [-0.1, -0.05) is 33.6 Å². The van der Waals surface area contributed by atoms with E-state index in [9.17, 15) is 4.79 Å². The van der Waals surface area contributed by atoms with Gasteiger partial charge in [0.2, 0.25) is 5.91 Å². The van der Waals surface area contributed by atoms with E-state index < -0.39 is 0 Å². The van der Waals surface area contributed by atoms with Crippen molar-refractivity contribution < 1.29 is 4.79 Å². The van der Waals surface area contributed by atoms with Crippen LogP contribution in [0, 0.1) is 12.8 Å². The minimum atomic E-state index is 0.122. The maximum absolute atomic E-state index is 11.8. The Bertz CT molecular complexity index is 424. The Labute approximate surface area is 108 Å². The van der Waals surface area contributed by atoms with Gasteiger partial charge in [-0.05, 0) is 24.5 Å². The highest BCUT2D eigenvalue weighted by molar-refractivity contribution is 9.09. The third kappa shape index (κ3) is 2.23. The van der Waals surface area contributed by atoms with E-state index >= 15 is 0 Å². The summed E-state index contributed by atoms with van der Waals surface area (Å²) in [6.07, 6.45) is 0.582. The molecule has 1 aliphatic rings. The number of hydrogen-bond acceptors (Lipinski definition) is 2. The molecule has 1 atom stereocenters. The van der Waals surface area contributed by atoms with Crippen LogP contribution in [0.1, 0.15) is 12.0 Å². The van der Waals surface area contributed by atoms with Crippen molar-refractivity contribution in [2.45, 2.75) is 13.3 Å². The number of aromatic nitrogens is 1. The summed E-state index contributed by atoms with van der Waals surface area (Å²) in [6, 6.07) is 3.73. The Morgan fingerprint density at radius 1 is 1.62 bits per heavy atom. The molecule has 3 nitrogen and oxygen atoms in total. The summed E-state index contributed by atoms with van der Waals surface area (Å²) < 4.78 is 0. The van der Waals surface area contributed by atoms with Gasteiger partial charge in [0.05, 0.1) is 0 Å². The Morgan fingerprint density at radius 3 is 2.94 bits per heavy atom. The van der Waals surface area contributed by atoms with Crippen molar-refractivity contribution in [3.05, 3.63) is 22.8 Å². The molecule has 0 spiro atoms. The number of carbonyl (C=O) groups excluding carboxylic acids is 1. The molecule has 2 heterocycles. The monoisotopic (exact) mass is 302 g/mol. The highest BCUT2D eigenvalue weighted by Gasteiger charge is 2.30. The van der Waals surface area contributed by atoms with Crippen molar-refractivity contribution in [2.24, 2.45) is 5.92 Å². The number of amides is 1. The molecule has 1 aliphatic heterocycles. The minimum absolute atomic E-state index is 0.122. The molecule has 0 saturated carbocycles. The van der Waals surface area contributed by atoms with Crippen LogP contribution >= 0.6 is 27.5 Å². The van der Waals surface area contributed by atoms with Gasteiger partial charge in [0.1, 0.15) is 11.0 Å². The minimum Gasteiger partial charge on any atom is -0.296 e. The van der Waals surface area contributed by atoms with E-state index in [1.165, 1.54) is 0 Å². The SMILES string of the molecule is Cc1ccc(N2CC(CBr)CC2=O)nc1Cl. The van der Waals surface area contributed by atoms with Crippen molar-refractivity contribution in [3.8, 4) is 0 Å². The van der Waals surface area contributed by atoms with Crippen LogP contribution in [0.25, 0.3) is 0 Å². The number of pyridine rings is 1. The summed E-state index contributed by atoms with van der Waals surface area (Å²) in [7, 11) is 0. The van der Waals surface area contributed by atoms with Crippen LogP contribution < -0.4 is 4.90 Å². The molecule has 0 radical (unpaired) electrons. The number of hydrogen-bond donors (Lipinski definition) is 0. The van der Waals surface area contributed by atoms with Crippen LogP contribution in [0.4, 0.5) is 5.82 Å². The van der Waals surface area contributed by atoms with Crippen LogP contribution in [0.2, 0.25) is 5.15 Å². The molecular formula is C11H12BrClN2O. The van der Waals surface area contributed by atoms with Crippen LogP contribution in [0.15, 0.2) is 12.1 Å². The van der Waals surface area contributed by atoms with Crippen LogP contribution in [0.3, 0.4) is 0 Å². The first-order chi connectivity index (χ1) is 7.61. The topological polar surface area (TPSA) is 33.2 Å². The van der Waals surface area contributed by atoms with E-state index in [2.05, 4.69) is 20.9 Å². The first kappa shape index (κ1) is 11.9. The molecule has 5 heteroatoms. The summed E-state index contributed by atoms with van der Waals surface area (Å²) in [5.74, 6) is 1.15. The lowest BCUT2D eigenvalue weighted by Crippen LogP contribution is -2.25. The molecule has 1 unspecified atom stereocenters. The van der Waals surface area contributed by atoms with Crippen LogP contribution in [-0.4, -0.2) is 22.8 Å². The third-order valence-corrected chi connectivity index (χ3v) is 4.02. The van der Waals surface area contributed by atoms with Crippen molar-refractivity contribution >= 4 is 39.3 Å². The zero-order valence-corrected chi connectivity index (χ0v) is 11.3. The molecule has 0 N–H and O–H groups in total. The second kappa shape index (κ2) is 4.72. The summed E-state index contributed by atoms with van der Waals surface area (Å²) in [6.45, 7) is 2.61. The number of nitrogens with zero attached hydrogens (tertiary/aromatic N) is 2. The van der Waals surface area contributed by atoms with Gasteiger partial charge in [0, 0.05) is 18.3 Å². The first-order valence-electron chi connectivity index (χ1n) is 5.11. The number of anilines is 1. The average molecular weight is 304 g/mol. The number of aryl methyl sites for hydroxylation is 1. The van der Waals surface area contributed by atoms with Gasteiger partial charge in [0.25, 0.3) is 0 Å². The molecular weight excluding hydrogens is 291 g/mol. The maximum Gasteiger partial charge on any atom is 0.228 e. The highest BCUT2D eigenvalue weighted by Crippen LogP contribution is 2.26. The quantitative estimate of drug-likeness (QED) is 0.622. The maximum atomic E-state index is 11.8. The van der Waals surface area contributed by atoms with Gasteiger partial charge in [-0.25, -0.2) is 4.98 Å². The molecule has 86 valence electrons. The molecule has 0 bridgehead atoms. The predicted molar refractivity (Wildman–Crippen MR) is 68.2 cm³/mol. The Kier molecular flexibility index (Phi) is 3.50. The number of rotatable bonds is 2. The molecule has 0 aromatic carbocycles. The predicted octanol–water partition coefficient (Wildman–Crippen LogP) is 2.79. The zero-order chi connectivity index (χ0) is 11.7. The lowest BCUT2D eigenvalue weighted by atomic mass is 10.2. The molecule has 1 fully saturated rings. The van der Waals surface area contributed by atoms with Crippen LogP contribution in [-0.2, 0) is 4.79 Å². The van der Waals surface area contributed by atoms with Gasteiger partial charge in [-0.2, -0.15) is 0 Å². The number of alkyl halides is 1. The van der Waals surface area contributed by atoms with Gasteiger partial charge >= 0.3 is 0 Å². The number of halogens is 2. The molecule has 1 saturated heterocycles. The third-order valence-electron chi connectivity index (χ3n) is 2.72. The van der Waals surface area contributed by atoms with Crippen molar-refractivity contribution in [3.63, 3.8) is 0 Å². The summed E-state index contributed by atoms with van der Waals surface area (Å²) in [5.41, 5.74) is 0.925. The molecule has 2 rings (SSSR count). The lowest BCUT2D eigenvalue weighted by molar-refractivity contribution is -0.117. The molecule has 16 heavy (non-hydrogen) atoms. The van der Waals surface area contributed by atoms with E-state index in [0.717, 1.165) is 17.4 Å². The second-order valence-corrected chi connectivity index (χ2v) is 5.01. The van der Waals surface area contributed by atoms with Gasteiger partial charge in [-0.15, -0.1) is 0 Å². The van der Waals surface area contributed by atoms with Crippen molar-refractivity contribution in [2.75, 3.05) is 16.8 Å². The smallest absolute Gasteiger partial charge is 0.228 e. The van der Waals surface area contributed by atoms with E-state index in [0.29, 0.717) is 23.3 Å². The fraction of sp³-hybridized carbons (Fsp3) is 0.455. The van der Waals surface area contributed by atoms with Gasteiger partial charge < -0.3 is 0 Å². The fourth-order valence-corrected chi connectivity index (χ4v) is 2.33. The summed E-state index contributed by atoms with van der Waals surface area (Å²) in [4.78, 5) is 17.7. The molecule has 1 aromatic heterocycles. The largest absolute Gasteiger partial charge is 0.296 e. The lowest BCUT2D eigenvalue weighted by Gasteiger charge is -2.15. The van der Waals surface area contributed by atoms with Gasteiger partial charge in [-0.3, -0.25) is 9.69 Å². The van der Waals surface area contributed by atoms with E-state index in [1.807, 2.05) is 19.1 Å². The van der Waals surface area contributed by atoms with E-state index in [4.69, 9.17) is 11.6 Å². The summed E-state index contributed by atoms with van der Waals surface area (Å²) in [5, 5.41) is 1.31. The van der Waals surface area contributed by atoms with Gasteiger partial charge in [0.15, 0.2) is 0 Å². The van der Waals surface area contributed by atoms with Crippen molar-refractivity contribution in [1.29, 1.82) is 0 Å². The second-order valence-electron chi connectivity index (χ2n) is 4.01. The fourth-order valence-electron chi connectivity index (χ4n) is 1.75. The van der Waals surface area contributed by atoms with E-state index in [-0.39, 0.29) is 5.91 Å². The Morgan fingerprint density at radius 2 is 2.38 bits per heavy atom. The molecule has 1 amide bonds. The standard InChI is InChI=1S/C11H12BrClN2O/c1-7-2-3-9(14-11(7)13)15-6-8(5-12)4-10(15)16/h2-3,8H,4-6H2,1H3. The van der Waals surface area contributed by atoms with Crippen LogP contribution in [0.5, 0.6) is 0 Å². The molecule has 1 aromatic rings. The Hall–Kier alpha value is -0.610. The summed E-state index contributed by atoms with van der Waals surface area (Å²) >= 11 is 9.36. The number of carbonyl (C=O) groups is 1. The highest BCUT2D eigenvalue weighted by atomic mass is 79.9.